The Bertz CT molecular complexity index is 499. The second kappa shape index (κ2) is 11.4. The third-order valence-corrected chi connectivity index (χ3v) is 3.78. The van der Waals surface area contributed by atoms with Gasteiger partial charge in [0.2, 0.25) is 5.91 Å². The van der Waals surface area contributed by atoms with Crippen LogP contribution in [0, 0.1) is 6.92 Å². The molecular weight excluding hydrogens is 372 g/mol. The van der Waals surface area contributed by atoms with Crippen LogP contribution in [0.1, 0.15) is 41.5 Å². The van der Waals surface area contributed by atoms with Crippen molar-refractivity contribution >= 4 is 29.7 Å². The van der Waals surface area contributed by atoms with Gasteiger partial charge in [0.05, 0.1) is 19.3 Å². The van der Waals surface area contributed by atoms with Crippen molar-refractivity contribution in [3.8, 4) is 0 Å². The highest BCUT2D eigenvalue weighted by Crippen LogP contribution is 2.10. The van der Waals surface area contributed by atoms with E-state index in [0.29, 0.717) is 5.75 Å². The molecule has 0 aliphatic rings. The second-order valence-electron chi connectivity index (χ2n) is 7.78. The van der Waals surface area contributed by atoms with Gasteiger partial charge in [-0.2, -0.15) is 11.8 Å². The molecule has 0 spiro atoms. The lowest BCUT2D eigenvalue weighted by Crippen LogP contribution is -2.55. The van der Waals surface area contributed by atoms with Gasteiger partial charge in [0.1, 0.15) is 11.6 Å². The maximum Gasteiger partial charge on any atom is 0.408 e. The molecule has 1 radical (unpaired) electrons. The van der Waals surface area contributed by atoms with E-state index in [1.54, 1.807) is 20.8 Å². The van der Waals surface area contributed by atoms with Crippen molar-refractivity contribution in [1.82, 2.24) is 10.6 Å². The molecule has 0 unspecified atom stereocenters. The summed E-state index contributed by atoms with van der Waals surface area (Å²) in [6.45, 7) is 14.3. The summed E-state index contributed by atoms with van der Waals surface area (Å²) in [7, 11) is 1.23. The average molecular weight is 406 g/mol. The maximum atomic E-state index is 12.6. The summed E-state index contributed by atoms with van der Waals surface area (Å²) in [6.07, 6.45) is -0.715. The van der Waals surface area contributed by atoms with Crippen LogP contribution in [0.5, 0.6) is 0 Å². The van der Waals surface area contributed by atoms with Crippen LogP contribution in [0.25, 0.3) is 0 Å². The molecule has 27 heavy (non-hydrogen) atoms. The van der Waals surface area contributed by atoms with Crippen LogP contribution in [0.15, 0.2) is 0 Å². The molecule has 8 nitrogen and oxygen atoms in total. The van der Waals surface area contributed by atoms with Crippen LogP contribution in [-0.2, 0) is 23.8 Å². The van der Waals surface area contributed by atoms with Crippen LogP contribution >= 0.6 is 11.8 Å². The molecule has 0 fully saturated rings. The Morgan fingerprint density at radius 2 is 1.59 bits per heavy atom. The van der Waals surface area contributed by atoms with Gasteiger partial charge >= 0.3 is 12.1 Å². The summed E-state index contributed by atoms with van der Waals surface area (Å²) in [5.74, 6) is -0.362. The Morgan fingerprint density at radius 3 is 2.04 bits per heavy atom. The third-order valence-electron chi connectivity index (χ3n) is 2.92. The molecule has 2 atom stereocenters. The summed E-state index contributed by atoms with van der Waals surface area (Å²) in [6, 6.07) is -1.89. The van der Waals surface area contributed by atoms with E-state index in [9.17, 15) is 14.4 Å². The maximum absolute atomic E-state index is 12.6. The first-order chi connectivity index (χ1) is 12.3. The van der Waals surface area contributed by atoms with Gasteiger partial charge in [-0.15, -0.1) is 0 Å². The monoisotopic (exact) mass is 405 g/mol. The van der Waals surface area contributed by atoms with Gasteiger partial charge in [-0.05, 0) is 54.2 Å². The summed E-state index contributed by atoms with van der Waals surface area (Å²) in [4.78, 5) is 36.6. The number of esters is 1. The Labute approximate surface area is 166 Å². The number of thioether (sulfide) groups is 1. The third kappa shape index (κ3) is 12.5. The van der Waals surface area contributed by atoms with Crippen LogP contribution in [0.3, 0.4) is 0 Å². The van der Waals surface area contributed by atoms with Crippen molar-refractivity contribution in [2.75, 3.05) is 25.2 Å². The van der Waals surface area contributed by atoms with Gasteiger partial charge in [0.25, 0.3) is 0 Å². The number of hydrogen-bond acceptors (Lipinski definition) is 7. The highest BCUT2D eigenvalue weighted by Gasteiger charge is 2.29. The predicted molar refractivity (Wildman–Crippen MR) is 105 cm³/mol. The number of rotatable bonds is 9. The standard InChI is InChI=1S/C18H33N2O6S/c1-9-27-11-13(20-16(23)26-18(5,6)7)14(21)19-12(15(22)24-8)10-25-17(2,3)4/h12-13H,1,9-11H2,2-8H3,(H,19,21)(H,20,23)/t12-,13-/m0/s1. The molecule has 0 saturated heterocycles. The van der Waals surface area contributed by atoms with Crippen LogP contribution in [0.2, 0.25) is 0 Å². The first-order valence-corrected chi connectivity index (χ1v) is 9.83. The summed E-state index contributed by atoms with van der Waals surface area (Å²) in [5, 5.41) is 5.10. The smallest absolute Gasteiger partial charge is 0.408 e. The van der Waals surface area contributed by atoms with E-state index >= 15 is 0 Å². The van der Waals surface area contributed by atoms with E-state index < -0.39 is 41.3 Å². The summed E-state index contributed by atoms with van der Waals surface area (Å²) < 4.78 is 15.5. The lowest BCUT2D eigenvalue weighted by molar-refractivity contribution is -0.148. The largest absolute Gasteiger partial charge is 0.467 e. The lowest BCUT2D eigenvalue weighted by Gasteiger charge is -2.26. The van der Waals surface area contributed by atoms with E-state index in [-0.39, 0.29) is 12.4 Å². The molecule has 0 saturated carbocycles. The van der Waals surface area contributed by atoms with E-state index in [0.717, 1.165) is 0 Å². The van der Waals surface area contributed by atoms with Crippen molar-refractivity contribution < 1.29 is 28.6 Å². The zero-order valence-electron chi connectivity index (χ0n) is 17.3. The molecule has 0 aromatic carbocycles. The zero-order valence-corrected chi connectivity index (χ0v) is 18.2. The first-order valence-electron chi connectivity index (χ1n) is 8.67. The van der Waals surface area contributed by atoms with Gasteiger partial charge in [0.15, 0.2) is 6.04 Å². The topological polar surface area (TPSA) is 103 Å². The van der Waals surface area contributed by atoms with Gasteiger partial charge in [-0.1, -0.05) is 0 Å². The van der Waals surface area contributed by atoms with Crippen molar-refractivity contribution in [2.45, 2.75) is 64.8 Å². The molecule has 0 bridgehead atoms. The molecule has 0 rings (SSSR count). The fourth-order valence-corrected chi connectivity index (χ4v) is 2.39. The fourth-order valence-electron chi connectivity index (χ4n) is 1.75. The van der Waals surface area contributed by atoms with Crippen molar-refractivity contribution in [2.24, 2.45) is 0 Å². The van der Waals surface area contributed by atoms with Crippen LogP contribution in [0.4, 0.5) is 4.79 Å². The van der Waals surface area contributed by atoms with Gasteiger partial charge in [0, 0.05) is 5.75 Å². The molecule has 0 aliphatic carbocycles. The van der Waals surface area contributed by atoms with Crippen molar-refractivity contribution in [1.29, 1.82) is 0 Å². The van der Waals surface area contributed by atoms with Gasteiger partial charge in [-0.3, -0.25) is 4.79 Å². The molecular formula is C18H33N2O6S. The average Bonchev–Trinajstić information content (AvgIpc) is 2.51. The van der Waals surface area contributed by atoms with Gasteiger partial charge in [-0.25, -0.2) is 9.59 Å². The molecule has 2 N–H and O–H groups in total. The quantitative estimate of drug-likeness (QED) is 0.565. The van der Waals surface area contributed by atoms with Gasteiger partial charge < -0.3 is 24.8 Å². The Kier molecular flexibility index (Phi) is 10.8. The van der Waals surface area contributed by atoms with Crippen LogP contribution in [-0.4, -0.2) is 66.5 Å². The minimum atomic E-state index is -0.991. The van der Waals surface area contributed by atoms with E-state index in [1.807, 2.05) is 20.8 Å². The number of nitrogens with one attached hydrogen (secondary N) is 2. The Morgan fingerprint density at radius 1 is 1.00 bits per heavy atom. The van der Waals surface area contributed by atoms with Crippen molar-refractivity contribution in [3.63, 3.8) is 0 Å². The number of alkyl carbamates (subject to hydrolysis) is 1. The molecule has 0 aromatic rings. The number of carbonyl (C=O) groups is 3. The molecule has 9 heteroatoms. The Hall–Kier alpha value is -1.48. The van der Waals surface area contributed by atoms with E-state index in [4.69, 9.17) is 14.2 Å². The minimum absolute atomic E-state index is 0.0520. The summed E-state index contributed by atoms with van der Waals surface area (Å²) in [5.41, 5.74) is -1.19. The second-order valence-corrected chi connectivity index (χ2v) is 8.93. The highest BCUT2D eigenvalue weighted by atomic mass is 32.2. The minimum Gasteiger partial charge on any atom is -0.467 e. The summed E-state index contributed by atoms with van der Waals surface area (Å²) >= 11 is 1.37. The SMILES string of the molecule is [CH2]CSC[C@H](NC(=O)OC(C)(C)C)C(=O)N[C@@H](COC(C)(C)C)C(=O)OC. The number of carbonyl (C=O) groups excluding carboxylic acids is 3. The molecule has 157 valence electrons. The molecule has 0 aromatic heterocycles. The molecule has 0 aliphatic heterocycles. The number of methoxy groups -OCH3 is 1. The Balaban J connectivity index is 5.08. The predicted octanol–water partition coefficient (Wildman–Crippen LogP) is 1.92. The number of hydrogen-bond donors (Lipinski definition) is 2. The molecule has 0 heterocycles. The fraction of sp³-hybridized carbons (Fsp3) is 0.778. The molecule has 2 amide bonds. The lowest BCUT2D eigenvalue weighted by atomic mass is 10.2. The van der Waals surface area contributed by atoms with Crippen LogP contribution < -0.4 is 10.6 Å². The zero-order chi connectivity index (χ0) is 21.3. The number of ether oxygens (including phenoxy) is 3. The van der Waals surface area contributed by atoms with Crippen molar-refractivity contribution in [3.05, 3.63) is 6.92 Å². The number of amides is 2. The van der Waals surface area contributed by atoms with E-state index in [1.165, 1.54) is 18.9 Å². The highest BCUT2D eigenvalue weighted by molar-refractivity contribution is 7.99. The van der Waals surface area contributed by atoms with E-state index in [2.05, 4.69) is 17.6 Å². The normalized spacial score (nSPS) is 14.1. The first kappa shape index (κ1) is 25.5.